The van der Waals surface area contributed by atoms with Gasteiger partial charge in [-0.25, -0.2) is 0 Å². The highest BCUT2D eigenvalue weighted by Crippen LogP contribution is 2.54. The first kappa shape index (κ1) is 31.3. The third kappa shape index (κ3) is 6.40. The Kier molecular flexibility index (Phi) is 8.55. The fraction of sp³-hybridized carbons (Fsp3) is 0.457. The number of nitrogens with one attached hydrogen (secondary N) is 1. The van der Waals surface area contributed by atoms with Gasteiger partial charge < -0.3 is 19.7 Å². The van der Waals surface area contributed by atoms with Crippen LogP contribution in [-0.4, -0.2) is 42.6 Å². The number of rotatable bonds is 7. The summed E-state index contributed by atoms with van der Waals surface area (Å²) in [6.07, 6.45) is 2.40. The standard InChI is InChI=1S/C35H41IN2O5/c1-8-42-28-14-21(13-23(36)33(28)43-19-29(41)37-22-11-9-10-20(2)12-22)30-31-24(15-34(3,4)17-26(31)39)38(7)25-16-35(5,6)18-27(40)32(25)30/h9-14,30H,8,15-19H2,1-7H3,(H,37,41). The Bertz CT molecular complexity index is 1510. The topological polar surface area (TPSA) is 84.9 Å². The van der Waals surface area contributed by atoms with E-state index in [0.717, 1.165) is 50.1 Å². The van der Waals surface area contributed by atoms with Crippen molar-refractivity contribution >= 4 is 45.8 Å². The molecule has 228 valence electrons. The van der Waals surface area contributed by atoms with Crippen LogP contribution in [-0.2, 0) is 14.4 Å². The molecule has 0 saturated heterocycles. The molecule has 0 unspecified atom stereocenters. The Morgan fingerprint density at radius 1 is 0.953 bits per heavy atom. The van der Waals surface area contributed by atoms with Crippen molar-refractivity contribution in [3.63, 3.8) is 0 Å². The van der Waals surface area contributed by atoms with Crippen molar-refractivity contribution < 1.29 is 23.9 Å². The number of benzene rings is 2. The zero-order valence-corrected chi connectivity index (χ0v) is 28.3. The average molecular weight is 697 g/mol. The molecule has 1 heterocycles. The number of carbonyl (C=O) groups is 3. The zero-order chi connectivity index (χ0) is 31.3. The Morgan fingerprint density at radius 3 is 2.12 bits per heavy atom. The van der Waals surface area contributed by atoms with E-state index in [4.69, 9.17) is 9.47 Å². The minimum atomic E-state index is -0.472. The molecule has 2 aliphatic carbocycles. The van der Waals surface area contributed by atoms with Crippen molar-refractivity contribution in [1.29, 1.82) is 0 Å². The van der Waals surface area contributed by atoms with Crippen LogP contribution in [0.4, 0.5) is 5.69 Å². The fourth-order valence-electron chi connectivity index (χ4n) is 6.71. The Morgan fingerprint density at radius 2 is 1.56 bits per heavy atom. The molecule has 8 heteroatoms. The normalized spacial score (nSPS) is 19.7. The van der Waals surface area contributed by atoms with Crippen LogP contribution in [0.25, 0.3) is 0 Å². The van der Waals surface area contributed by atoms with Crippen molar-refractivity contribution in [3.8, 4) is 11.5 Å². The maximum atomic E-state index is 13.9. The number of ether oxygens (including phenoxy) is 2. The lowest BCUT2D eigenvalue weighted by atomic mass is 9.64. The van der Waals surface area contributed by atoms with Gasteiger partial charge in [-0.05, 0) is 95.5 Å². The lowest BCUT2D eigenvalue weighted by Crippen LogP contribution is -2.43. The summed E-state index contributed by atoms with van der Waals surface area (Å²) in [5.41, 5.74) is 5.72. The molecule has 1 N–H and O–H groups in total. The molecule has 0 bridgehead atoms. The summed E-state index contributed by atoms with van der Waals surface area (Å²) < 4.78 is 12.8. The van der Waals surface area contributed by atoms with Gasteiger partial charge in [0.1, 0.15) is 0 Å². The van der Waals surface area contributed by atoms with Crippen molar-refractivity contribution in [2.24, 2.45) is 10.8 Å². The second kappa shape index (κ2) is 11.7. The molecule has 3 aliphatic rings. The quantitative estimate of drug-likeness (QED) is 0.306. The molecule has 7 nitrogen and oxygen atoms in total. The van der Waals surface area contributed by atoms with E-state index >= 15 is 0 Å². The number of carbonyl (C=O) groups excluding carboxylic acids is 3. The summed E-state index contributed by atoms with van der Waals surface area (Å²) in [6, 6.07) is 11.5. The van der Waals surface area contributed by atoms with Gasteiger partial charge in [0.15, 0.2) is 29.7 Å². The number of anilines is 1. The Hall–Kier alpha value is -3.14. The molecule has 0 atom stereocenters. The predicted octanol–water partition coefficient (Wildman–Crippen LogP) is 7.33. The molecule has 0 aromatic heterocycles. The summed E-state index contributed by atoms with van der Waals surface area (Å²) in [5, 5.41) is 2.88. The summed E-state index contributed by atoms with van der Waals surface area (Å²) in [6.45, 7) is 12.6. The SMILES string of the molecule is CCOc1cc(C2C3=C(CC(C)(C)CC3=O)N(C)C3=C2C(=O)CC(C)(C)C3)cc(I)c1OCC(=O)Nc1cccc(C)c1. The number of allylic oxidation sites excluding steroid dienone is 4. The van der Waals surface area contributed by atoms with Gasteiger partial charge in [-0.3, -0.25) is 14.4 Å². The Labute approximate surface area is 268 Å². The first-order valence-electron chi connectivity index (χ1n) is 14.9. The number of ketones is 2. The molecular weight excluding hydrogens is 655 g/mol. The van der Waals surface area contributed by atoms with E-state index in [0.29, 0.717) is 36.6 Å². The number of hydrogen-bond acceptors (Lipinski definition) is 6. The maximum Gasteiger partial charge on any atom is 0.262 e. The molecule has 5 rings (SSSR count). The first-order chi connectivity index (χ1) is 20.2. The lowest BCUT2D eigenvalue weighted by Gasteiger charge is -2.48. The van der Waals surface area contributed by atoms with Crippen LogP contribution in [0.1, 0.15) is 77.3 Å². The molecule has 2 aromatic carbocycles. The fourth-order valence-corrected chi connectivity index (χ4v) is 7.49. The second-order valence-corrected chi connectivity index (χ2v) is 14.7. The lowest BCUT2D eigenvalue weighted by molar-refractivity contribution is -0.120. The minimum absolute atomic E-state index is 0.0911. The third-order valence-electron chi connectivity index (χ3n) is 8.49. The van der Waals surface area contributed by atoms with Gasteiger partial charge >= 0.3 is 0 Å². The largest absolute Gasteiger partial charge is 0.490 e. The average Bonchev–Trinajstić information content (AvgIpc) is 2.88. The number of amides is 1. The highest BCUT2D eigenvalue weighted by molar-refractivity contribution is 14.1. The highest BCUT2D eigenvalue weighted by Gasteiger charge is 2.48. The van der Waals surface area contributed by atoms with Crippen LogP contribution in [0, 0.1) is 21.3 Å². The van der Waals surface area contributed by atoms with Crippen LogP contribution in [0.15, 0.2) is 58.9 Å². The van der Waals surface area contributed by atoms with E-state index in [1.807, 2.05) is 57.3 Å². The molecule has 0 saturated carbocycles. The molecule has 0 radical (unpaired) electrons. The van der Waals surface area contributed by atoms with Crippen LogP contribution in [0.3, 0.4) is 0 Å². The van der Waals surface area contributed by atoms with Crippen molar-refractivity contribution in [2.75, 3.05) is 25.6 Å². The third-order valence-corrected chi connectivity index (χ3v) is 9.30. The van der Waals surface area contributed by atoms with Crippen molar-refractivity contribution in [1.82, 2.24) is 4.90 Å². The van der Waals surface area contributed by atoms with E-state index in [2.05, 4.69) is 60.5 Å². The summed E-state index contributed by atoms with van der Waals surface area (Å²) in [4.78, 5) is 42.6. The molecule has 2 aromatic rings. The highest BCUT2D eigenvalue weighted by atomic mass is 127. The number of halogens is 1. The summed E-state index contributed by atoms with van der Waals surface area (Å²) in [5.74, 6) is 0.387. The van der Waals surface area contributed by atoms with E-state index in [9.17, 15) is 14.4 Å². The van der Waals surface area contributed by atoms with E-state index < -0.39 is 5.92 Å². The number of aryl methyl sites for hydroxylation is 1. The number of nitrogens with zero attached hydrogens (tertiary/aromatic N) is 1. The van der Waals surface area contributed by atoms with E-state index in [1.54, 1.807) is 0 Å². The van der Waals surface area contributed by atoms with Crippen LogP contribution >= 0.6 is 22.6 Å². The van der Waals surface area contributed by atoms with Crippen molar-refractivity contribution in [2.45, 2.75) is 73.1 Å². The summed E-state index contributed by atoms with van der Waals surface area (Å²) in [7, 11) is 2.01. The Balaban J connectivity index is 1.55. The van der Waals surface area contributed by atoms with Gasteiger partial charge in [0.25, 0.3) is 5.91 Å². The minimum Gasteiger partial charge on any atom is -0.490 e. The van der Waals surface area contributed by atoms with Gasteiger partial charge in [-0.15, -0.1) is 0 Å². The molecular formula is C35H41IN2O5. The maximum absolute atomic E-state index is 13.9. The second-order valence-electron chi connectivity index (χ2n) is 13.6. The van der Waals surface area contributed by atoms with E-state index in [-0.39, 0.29) is 34.9 Å². The smallest absolute Gasteiger partial charge is 0.262 e. The molecule has 43 heavy (non-hydrogen) atoms. The van der Waals surface area contributed by atoms with Gasteiger partial charge in [-0.1, -0.05) is 39.8 Å². The monoisotopic (exact) mass is 696 g/mol. The van der Waals surface area contributed by atoms with Gasteiger partial charge in [0, 0.05) is 54.0 Å². The van der Waals surface area contributed by atoms with Crippen LogP contribution in [0.2, 0.25) is 0 Å². The van der Waals surface area contributed by atoms with E-state index in [1.165, 1.54) is 0 Å². The van der Waals surface area contributed by atoms with Gasteiger partial charge in [0.05, 0.1) is 10.2 Å². The molecule has 0 fully saturated rings. The summed E-state index contributed by atoms with van der Waals surface area (Å²) >= 11 is 2.19. The number of hydrogen-bond donors (Lipinski definition) is 1. The van der Waals surface area contributed by atoms with Gasteiger partial charge in [-0.2, -0.15) is 0 Å². The molecule has 0 spiro atoms. The zero-order valence-electron chi connectivity index (χ0n) is 26.2. The number of Topliss-reactive ketones (excluding diaryl/α,β-unsaturated/α-hetero) is 2. The van der Waals surface area contributed by atoms with Crippen LogP contribution < -0.4 is 14.8 Å². The molecule has 1 aliphatic heterocycles. The first-order valence-corrected chi connectivity index (χ1v) is 16.0. The van der Waals surface area contributed by atoms with Crippen LogP contribution in [0.5, 0.6) is 11.5 Å². The molecule has 1 amide bonds. The van der Waals surface area contributed by atoms with Crippen molar-refractivity contribution in [3.05, 3.63) is 73.6 Å². The van der Waals surface area contributed by atoms with Gasteiger partial charge in [0.2, 0.25) is 0 Å². The predicted molar refractivity (Wildman–Crippen MR) is 176 cm³/mol.